The van der Waals surface area contributed by atoms with Crippen LogP contribution in [0.5, 0.6) is 5.75 Å². The Hall–Kier alpha value is -2.33. The largest absolute Gasteiger partial charge is 0.496 e. The summed E-state index contributed by atoms with van der Waals surface area (Å²) in [7, 11) is 1.74. The smallest absolute Gasteiger partial charge is 0.218 e. The van der Waals surface area contributed by atoms with E-state index in [1.54, 1.807) is 7.11 Å². The number of nitrogens with zero attached hydrogens (tertiary/aromatic N) is 1. The highest BCUT2D eigenvalue weighted by Gasteiger charge is 2.19. The van der Waals surface area contributed by atoms with Gasteiger partial charge in [0.2, 0.25) is 5.91 Å². The van der Waals surface area contributed by atoms with Gasteiger partial charge >= 0.3 is 0 Å². The minimum atomic E-state index is -0.251. The summed E-state index contributed by atoms with van der Waals surface area (Å²) < 4.78 is 5.48. The molecule has 1 atom stereocenters. The van der Waals surface area contributed by atoms with Crippen LogP contribution in [0.2, 0.25) is 0 Å². The molecule has 0 saturated heterocycles. The predicted molar refractivity (Wildman–Crippen MR) is 99.5 cm³/mol. The van der Waals surface area contributed by atoms with E-state index in [1.807, 2.05) is 13.0 Å². The van der Waals surface area contributed by atoms with E-state index in [0.717, 1.165) is 37.4 Å². The molecule has 4 nitrogen and oxygen atoms in total. The maximum absolute atomic E-state index is 11.1. The standard InChI is InChI=1S/C21H26N2O2/c1-15(12-21(22)24)17-8-6-16(7-9-17)13-23-11-10-19-18(14-23)4-3-5-20(19)25-2/h3-9,15H,10-14H2,1-2H3,(H2,22,24)/t15-/m0/s1. The Balaban J connectivity index is 1.64. The van der Waals surface area contributed by atoms with Crippen molar-refractivity contribution in [2.24, 2.45) is 5.73 Å². The van der Waals surface area contributed by atoms with Gasteiger partial charge in [-0.15, -0.1) is 0 Å². The Morgan fingerprint density at radius 2 is 2.00 bits per heavy atom. The fourth-order valence-corrected chi connectivity index (χ4v) is 3.59. The summed E-state index contributed by atoms with van der Waals surface area (Å²) in [5.74, 6) is 0.921. The van der Waals surface area contributed by atoms with Crippen molar-refractivity contribution >= 4 is 5.91 Å². The number of hydrogen-bond donors (Lipinski definition) is 1. The highest BCUT2D eigenvalue weighted by Crippen LogP contribution is 2.28. The van der Waals surface area contributed by atoms with E-state index in [1.165, 1.54) is 16.7 Å². The van der Waals surface area contributed by atoms with Crippen LogP contribution in [0.15, 0.2) is 42.5 Å². The maximum Gasteiger partial charge on any atom is 0.218 e. The topological polar surface area (TPSA) is 55.6 Å². The first kappa shape index (κ1) is 17.5. The molecule has 4 heteroatoms. The highest BCUT2D eigenvalue weighted by atomic mass is 16.5. The van der Waals surface area contributed by atoms with Crippen LogP contribution >= 0.6 is 0 Å². The Bertz CT molecular complexity index is 740. The molecule has 0 spiro atoms. The van der Waals surface area contributed by atoms with E-state index in [0.29, 0.717) is 6.42 Å². The van der Waals surface area contributed by atoms with Crippen molar-refractivity contribution in [2.45, 2.75) is 38.8 Å². The normalized spacial score (nSPS) is 15.4. The first-order valence-electron chi connectivity index (χ1n) is 8.81. The van der Waals surface area contributed by atoms with Gasteiger partial charge in [-0.3, -0.25) is 9.69 Å². The second-order valence-electron chi connectivity index (χ2n) is 6.87. The summed E-state index contributed by atoms with van der Waals surface area (Å²) >= 11 is 0. The molecule has 3 rings (SSSR count). The first-order chi connectivity index (χ1) is 12.1. The van der Waals surface area contributed by atoms with Crippen molar-refractivity contribution < 1.29 is 9.53 Å². The zero-order valence-corrected chi connectivity index (χ0v) is 15.0. The van der Waals surface area contributed by atoms with Crippen LogP contribution in [0.3, 0.4) is 0 Å². The van der Waals surface area contributed by atoms with Crippen molar-refractivity contribution in [2.75, 3.05) is 13.7 Å². The number of rotatable bonds is 6. The number of benzene rings is 2. The molecule has 0 bridgehead atoms. The summed E-state index contributed by atoms with van der Waals surface area (Å²) in [6, 6.07) is 14.9. The van der Waals surface area contributed by atoms with Crippen molar-refractivity contribution in [3.8, 4) is 5.75 Å². The van der Waals surface area contributed by atoms with E-state index < -0.39 is 0 Å². The van der Waals surface area contributed by atoms with Crippen LogP contribution in [0.1, 0.15) is 41.5 Å². The number of nitrogens with two attached hydrogens (primary N) is 1. The van der Waals surface area contributed by atoms with Crippen LogP contribution < -0.4 is 10.5 Å². The van der Waals surface area contributed by atoms with Crippen molar-refractivity contribution in [3.05, 3.63) is 64.7 Å². The lowest BCUT2D eigenvalue weighted by Crippen LogP contribution is -2.30. The number of primary amides is 1. The van der Waals surface area contributed by atoms with Gasteiger partial charge in [-0.25, -0.2) is 0 Å². The van der Waals surface area contributed by atoms with Gasteiger partial charge in [0, 0.05) is 26.1 Å². The zero-order chi connectivity index (χ0) is 17.8. The average Bonchev–Trinajstić information content (AvgIpc) is 2.61. The van der Waals surface area contributed by atoms with Gasteiger partial charge in [0.25, 0.3) is 0 Å². The van der Waals surface area contributed by atoms with Gasteiger partial charge < -0.3 is 10.5 Å². The summed E-state index contributed by atoms with van der Waals surface area (Å²) in [5, 5.41) is 0. The molecule has 1 aliphatic rings. The van der Waals surface area contributed by atoms with E-state index in [4.69, 9.17) is 10.5 Å². The van der Waals surface area contributed by atoms with Gasteiger partial charge in [-0.2, -0.15) is 0 Å². The fourth-order valence-electron chi connectivity index (χ4n) is 3.59. The minimum Gasteiger partial charge on any atom is -0.496 e. The third-order valence-electron chi connectivity index (χ3n) is 4.98. The zero-order valence-electron chi connectivity index (χ0n) is 15.0. The maximum atomic E-state index is 11.1. The molecule has 1 heterocycles. The molecule has 25 heavy (non-hydrogen) atoms. The second-order valence-corrected chi connectivity index (χ2v) is 6.87. The molecule has 2 aromatic rings. The van der Waals surface area contributed by atoms with E-state index >= 15 is 0 Å². The first-order valence-corrected chi connectivity index (χ1v) is 8.81. The number of methoxy groups -OCH3 is 1. The summed E-state index contributed by atoms with van der Waals surface area (Å²) in [4.78, 5) is 13.5. The third kappa shape index (κ3) is 4.20. The van der Waals surface area contributed by atoms with Crippen molar-refractivity contribution in [1.29, 1.82) is 0 Å². The van der Waals surface area contributed by atoms with Crippen LogP contribution in [0.25, 0.3) is 0 Å². The van der Waals surface area contributed by atoms with Crippen LogP contribution in [-0.2, 0) is 24.3 Å². The lowest BCUT2D eigenvalue weighted by molar-refractivity contribution is -0.118. The molecule has 132 valence electrons. The molecule has 2 aromatic carbocycles. The average molecular weight is 338 g/mol. The van der Waals surface area contributed by atoms with Crippen LogP contribution in [-0.4, -0.2) is 24.5 Å². The highest BCUT2D eigenvalue weighted by molar-refractivity contribution is 5.74. The Morgan fingerprint density at radius 3 is 2.68 bits per heavy atom. The van der Waals surface area contributed by atoms with Crippen LogP contribution in [0, 0.1) is 0 Å². The second kappa shape index (κ2) is 7.70. The van der Waals surface area contributed by atoms with Gasteiger partial charge in [-0.05, 0) is 40.7 Å². The number of hydrogen-bond acceptors (Lipinski definition) is 3. The van der Waals surface area contributed by atoms with Gasteiger partial charge in [-0.1, -0.05) is 43.3 Å². The molecule has 0 radical (unpaired) electrons. The molecule has 2 N–H and O–H groups in total. The SMILES string of the molecule is COc1cccc2c1CCN(Cc1ccc([C@@H](C)CC(N)=O)cc1)C2. The van der Waals surface area contributed by atoms with E-state index in [9.17, 15) is 4.79 Å². The fraction of sp³-hybridized carbons (Fsp3) is 0.381. The molecule has 0 aromatic heterocycles. The monoisotopic (exact) mass is 338 g/mol. The Kier molecular flexibility index (Phi) is 5.39. The molecule has 1 amide bonds. The molecular formula is C21H26N2O2. The molecule has 0 unspecified atom stereocenters. The summed E-state index contributed by atoms with van der Waals surface area (Å²) in [6.07, 6.45) is 1.41. The molecule has 0 aliphatic carbocycles. The molecular weight excluding hydrogens is 312 g/mol. The van der Waals surface area contributed by atoms with E-state index in [-0.39, 0.29) is 11.8 Å². The number of carbonyl (C=O) groups is 1. The third-order valence-corrected chi connectivity index (χ3v) is 4.98. The van der Waals surface area contributed by atoms with Gasteiger partial charge in [0.15, 0.2) is 0 Å². The molecule has 0 saturated carbocycles. The van der Waals surface area contributed by atoms with Crippen LogP contribution in [0.4, 0.5) is 0 Å². The van der Waals surface area contributed by atoms with Crippen molar-refractivity contribution in [3.63, 3.8) is 0 Å². The molecule has 1 aliphatic heterocycles. The Morgan fingerprint density at radius 1 is 1.24 bits per heavy atom. The summed E-state index contributed by atoms with van der Waals surface area (Å²) in [6.45, 7) is 4.95. The quantitative estimate of drug-likeness (QED) is 0.880. The lowest BCUT2D eigenvalue weighted by atomic mass is 9.96. The van der Waals surface area contributed by atoms with Crippen molar-refractivity contribution in [1.82, 2.24) is 4.90 Å². The minimum absolute atomic E-state index is 0.167. The number of carbonyl (C=O) groups excluding carboxylic acids is 1. The number of ether oxygens (including phenoxy) is 1. The van der Waals surface area contributed by atoms with E-state index in [2.05, 4.69) is 41.3 Å². The number of fused-ring (bicyclic) bond motifs is 1. The van der Waals surface area contributed by atoms with Gasteiger partial charge in [0.05, 0.1) is 7.11 Å². The predicted octanol–water partition coefficient (Wildman–Crippen LogP) is 3.23. The Labute approximate surface area is 149 Å². The van der Waals surface area contributed by atoms with Gasteiger partial charge in [0.1, 0.15) is 5.75 Å². The summed E-state index contributed by atoms with van der Waals surface area (Å²) in [5.41, 5.74) is 10.4. The molecule has 0 fully saturated rings. The number of amides is 1. The lowest BCUT2D eigenvalue weighted by Gasteiger charge is -2.29.